The van der Waals surface area contributed by atoms with Gasteiger partial charge in [0.1, 0.15) is 16.9 Å². The van der Waals surface area contributed by atoms with Gasteiger partial charge in [-0.3, -0.25) is 9.69 Å². The Morgan fingerprint density at radius 1 is 1.10 bits per heavy atom. The van der Waals surface area contributed by atoms with Gasteiger partial charge in [0, 0.05) is 57.2 Å². The van der Waals surface area contributed by atoms with Crippen LogP contribution in [-0.4, -0.2) is 40.9 Å². The average Bonchev–Trinajstić information content (AvgIpc) is 3.37. The highest BCUT2D eigenvalue weighted by Gasteiger charge is 2.35. The number of hydrogen-bond donors (Lipinski definition) is 0. The monoisotopic (exact) mass is 418 g/mol. The van der Waals surface area contributed by atoms with Crippen molar-refractivity contribution in [2.24, 2.45) is 13.0 Å². The van der Waals surface area contributed by atoms with Gasteiger partial charge in [0.25, 0.3) is 5.56 Å². The van der Waals surface area contributed by atoms with E-state index in [-0.39, 0.29) is 5.56 Å². The van der Waals surface area contributed by atoms with Crippen molar-refractivity contribution in [2.75, 3.05) is 13.1 Å². The molecule has 152 valence electrons. The molecular formula is C22H22N6OS. The molecule has 0 spiro atoms. The second-order valence-electron chi connectivity index (χ2n) is 8.53. The molecule has 0 radical (unpaired) electrons. The minimum Gasteiger partial charge on any atom is -0.334 e. The van der Waals surface area contributed by atoms with E-state index < -0.39 is 0 Å². The fourth-order valence-corrected chi connectivity index (χ4v) is 5.67. The molecule has 1 saturated heterocycles. The molecule has 2 aliphatic rings. The lowest BCUT2D eigenvalue weighted by atomic mass is 9.82. The van der Waals surface area contributed by atoms with Gasteiger partial charge >= 0.3 is 0 Å². The summed E-state index contributed by atoms with van der Waals surface area (Å²) in [4.78, 5) is 20.2. The molecule has 0 saturated carbocycles. The van der Waals surface area contributed by atoms with Crippen LogP contribution in [-0.2, 0) is 20.1 Å². The zero-order chi connectivity index (χ0) is 20.2. The fraction of sp³-hybridized carbons (Fsp3) is 0.364. The van der Waals surface area contributed by atoms with Gasteiger partial charge in [-0.1, -0.05) is 6.07 Å². The molecule has 6 rings (SSSR count). The van der Waals surface area contributed by atoms with Crippen LogP contribution in [0.25, 0.3) is 22.4 Å². The molecule has 0 N–H and O–H groups in total. The summed E-state index contributed by atoms with van der Waals surface area (Å²) in [6, 6.07) is 10.5. The average molecular weight is 419 g/mol. The number of nitrogens with zero attached hydrogens (tertiary/aromatic N) is 6. The summed E-state index contributed by atoms with van der Waals surface area (Å²) in [7, 11) is 1.93. The summed E-state index contributed by atoms with van der Waals surface area (Å²) in [5, 5.41) is 0. The molecule has 0 amide bonds. The molecule has 2 atom stereocenters. The maximum absolute atomic E-state index is 13.3. The van der Waals surface area contributed by atoms with E-state index in [1.54, 1.807) is 6.20 Å². The summed E-state index contributed by atoms with van der Waals surface area (Å²) in [6.07, 6.45) is 4.78. The zero-order valence-electron chi connectivity index (χ0n) is 16.7. The quantitative estimate of drug-likeness (QED) is 0.512. The van der Waals surface area contributed by atoms with Crippen molar-refractivity contribution in [3.05, 3.63) is 64.3 Å². The van der Waals surface area contributed by atoms with Crippen LogP contribution >= 0.6 is 11.7 Å². The molecule has 0 aliphatic carbocycles. The Balaban J connectivity index is 1.29. The highest BCUT2D eigenvalue weighted by Crippen LogP contribution is 2.36. The molecule has 0 unspecified atom stereocenters. The van der Waals surface area contributed by atoms with Crippen LogP contribution < -0.4 is 5.56 Å². The van der Waals surface area contributed by atoms with Crippen molar-refractivity contribution in [1.29, 1.82) is 0 Å². The maximum atomic E-state index is 13.3. The molecule has 1 fully saturated rings. The highest BCUT2D eigenvalue weighted by molar-refractivity contribution is 7.00. The number of imidazole rings is 1. The minimum absolute atomic E-state index is 0.0893. The number of fused-ring (bicyclic) bond motifs is 5. The molecule has 4 aromatic rings. The van der Waals surface area contributed by atoms with Crippen molar-refractivity contribution < 1.29 is 0 Å². The first-order chi connectivity index (χ1) is 14.7. The number of hydrogen-bond acceptors (Lipinski definition) is 6. The number of aromatic nitrogens is 5. The Labute approximate surface area is 177 Å². The van der Waals surface area contributed by atoms with E-state index in [2.05, 4.69) is 42.9 Å². The number of piperidine rings is 1. The third kappa shape index (κ3) is 2.90. The zero-order valence-corrected chi connectivity index (χ0v) is 17.5. The van der Waals surface area contributed by atoms with Gasteiger partial charge in [-0.25, -0.2) is 4.98 Å². The molecule has 8 heteroatoms. The number of benzene rings is 1. The van der Waals surface area contributed by atoms with Crippen LogP contribution in [0.2, 0.25) is 0 Å². The molecule has 2 bridgehead atoms. The smallest absolute Gasteiger partial charge is 0.261 e. The van der Waals surface area contributed by atoms with E-state index in [1.165, 1.54) is 17.3 Å². The maximum Gasteiger partial charge on any atom is 0.261 e. The van der Waals surface area contributed by atoms with E-state index in [0.717, 1.165) is 55.2 Å². The normalized spacial score (nSPS) is 21.1. The van der Waals surface area contributed by atoms with Crippen LogP contribution in [0.5, 0.6) is 0 Å². The van der Waals surface area contributed by atoms with Crippen LogP contribution in [0.1, 0.15) is 23.6 Å². The van der Waals surface area contributed by atoms with Gasteiger partial charge in [0.15, 0.2) is 0 Å². The van der Waals surface area contributed by atoms with Crippen molar-refractivity contribution in [3.8, 4) is 11.4 Å². The molecule has 30 heavy (non-hydrogen) atoms. The lowest BCUT2D eigenvalue weighted by molar-refractivity contribution is 0.114. The number of aryl methyl sites for hydroxylation is 1. The Morgan fingerprint density at radius 3 is 2.87 bits per heavy atom. The predicted octanol–water partition coefficient (Wildman–Crippen LogP) is 2.87. The number of likely N-dealkylation sites (tertiary alicyclic amines) is 1. The highest BCUT2D eigenvalue weighted by atomic mass is 32.1. The predicted molar refractivity (Wildman–Crippen MR) is 116 cm³/mol. The van der Waals surface area contributed by atoms with E-state index >= 15 is 0 Å². The van der Waals surface area contributed by atoms with E-state index in [9.17, 15) is 4.79 Å². The SMILES string of the molecule is Cn1ccnc1-c1ccc2n(c1=O)C[C@H]1C[C@@H]2CN(Cc2ccc3nsnc3c2)C1. The second-order valence-corrected chi connectivity index (χ2v) is 9.06. The molecule has 7 nitrogen and oxygen atoms in total. The molecular weight excluding hydrogens is 396 g/mol. The number of rotatable bonds is 3. The van der Waals surface area contributed by atoms with E-state index in [4.69, 9.17) is 0 Å². The Bertz CT molecular complexity index is 1300. The summed E-state index contributed by atoms with van der Waals surface area (Å²) in [5.41, 5.74) is 5.17. The third-order valence-electron chi connectivity index (χ3n) is 6.47. The van der Waals surface area contributed by atoms with E-state index in [1.807, 2.05) is 28.4 Å². The van der Waals surface area contributed by atoms with Gasteiger partial charge in [0.05, 0.1) is 17.3 Å². The Hall–Kier alpha value is -2.84. The van der Waals surface area contributed by atoms with Crippen LogP contribution in [0.4, 0.5) is 0 Å². The first kappa shape index (κ1) is 18.0. The lowest BCUT2D eigenvalue weighted by Crippen LogP contribution is -2.47. The van der Waals surface area contributed by atoms with Crippen LogP contribution in [0.15, 0.2) is 47.5 Å². The first-order valence-corrected chi connectivity index (χ1v) is 11.0. The van der Waals surface area contributed by atoms with Gasteiger partial charge in [-0.15, -0.1) is 0 Å². The topological polar surface area (TPSA) is 68.8 Å². The van der Waals surface area contributed by atoms with Gasteiger partial charge in [0.2, 0.25) is 0 Å². The van der Waals surface area contributed by atoms with Crippen molar-refractivity contribution in [1.82, 2.24) is 27.8 Å². The van der Waals surface area contributed by atoms with Gasteiger partial charge in [-0.2, -0.15) is 8.75 Å². The number of pyridine rings is 1. The van der Waals surface area contributed by atoms with Crippen molar-refractivity contribution in [2.45, 2.75) is 25.4 Å². The second kappa shape index (κ2) is 6.85. The largest absolute Gasteiger partial charge is 0.334 e. The summed E-state index contributed by atoms with van der Waals surface area (Å²) < 4.78 is 12.6. The third-order valence-corrected chi connectivity index (χ3v) is 7.02. The molecule has 5 heterocycles. The standard InChI is InChI=1S/C22H22N6OS/c1-26-7-6-23-21(26)17-3-5-20-16-8-15(12-28(20)22(17)29)11-27(13-16)10-14-2-4-18-19(9-14)25-30-24-18/h2-7,9,15-16H,8,10-13H2,1H3/t15-,16+/m0/s1. The minimum atomic E-state index is 0.0893. The summed E-state index contributed by atoms with van der Waals surface area (Å²) in [6.45, 7) is 3.69. The van der Waals surface area contributed by atoms with Gasteiger partial charge < -0.3 is 9.13 Å². The van der Waals surface area contributed by atoms with Gasteiger partial charge in [-0.05, 0) is 42.2 Å². The van der Waals surface area contributed by atoms with Crippen LogP contribution in [0.3, 0.4) is 0 Å². The molecule has 3 aromatic heterocycles. The van der Waals surface area contributed by atoms with E-state index in [0.29, 0.717) is 17.4 Å². The van der Waals surface area contributed by atoms with Crippen molar-refractivity contribution in [3.63, 3.8) is 0 Å². The Morgan fingerprint density at radius 2 is 2.00 bits per heavy atom. The fourth-order valence-electron chi connectivity index (χ4n) is 5.15. The van der Waals surface area contributed by atoms with Crippen molar-refractivity contribution >= 4 is 22.8 Å². The first-order valence-electron chi connectivity index (χ1n) is 10.3. The Kier molecular flexibility index (Phi) is 4.10. The lowest BCUT2D eigenvalue weighted by Gasteiger charge is -2.43. The molecule has 2 aliphatic heterocycles. The summed E-state index contributed by atoms with van der Waals surface area (Å²) >= 11 is 1.26. The summed E-state index contributed by atoms with van der Waals surface area (Å²) in [5.74, 6) is 1.63. The molecule has 1 aromatic carbocycles. The van der Waals surface area contributed by atoms with Crippen LogP contribution in [0, 0.1) is 5.92 Å².